The van der Waals surface area contributed by atoms with E-state index in [0.29, 0.717) is 32.2 Å². The smallest absolute Gasteiger partial charge is 0.321 e. The number of amides is 3. The van der Waals surface area contributed by atoms with E-state index >= 15 is 0 Å². The zero-order chi connectivity index (χ0) is 27.4. The number of hydrogen-bond donors (Lipinski definition) is 6. The van der Waals surface area contributed by atoms with Gasteiger partial charge in [-0.1, -0.05) is 12.8 Å². The summed E-state index contributed by atoms with van der Waals surface area (Å²) in [5.41, 5.74) is 15.8. The van der Waals surface area contributed by atoms with E-state index in [-0.39, 0.29) is 32.2 Å². The molecular formula is C23H38N4O9. The summed E-state index contributed by atoms with van der Waals surface area (Å²) >= 11 is 0. The normalized spacial score (nSPS) is 22.7. The molecule has 5 atom stereocenters. The van der Waals surface area contributed by atoms with Crippen LogP contribution in [0.5, 0.6) is 0 Å². The number of carbonyl (C=O) groups excluding carboxylic acids is 3. The fraction of sp³-hybridized carbons (Fsp3) is 0.739. The van der Waals surface area contributed by atoms with E-state index in [1.165, 1.54) is 0 Å². The van der Waals surface area contributed by atoms with E-state index in [1.54, 1.807) is 4.90 Å². The van der Waals surface area contributed by atoms with Crippen LogP contribution >= 0.6 is 0 Å². The average Bonchev–Trinajstić information content (AvgIpc) is 2.74. The summed E-state index contributed by atoms with van der Waals surface area (Å²) < 4.78 is 0. The van der Waals surface area contributed by atoms with Gasteiger partial charge in [-0.15, -0.1) is 0 Å². The fourth-order valence-corrected chi connectivity index (χ4v) is 5.08. The Labute approximate surface area is 209 Å². The standard InChI is InChI=1S/C23H38N4O9/c24-18(28)10-15(21(31)32)13-4-2-1-3-8-27(17(23(35)36)12-20(26)30)9-7-14(6-5-13)16(22(33)34)11-19(25)29/h13-17H,1-12H2,(H2,24,28)(H2,25,29)(H2,26,30)(H,31,32)(H,33,34)(H,35,36). The minimum Gasteiger partial charge on any atom is -0.481 e. The van der Waals surface area contributed by atoms with Gasteiger partial charge in [0.1, 0.15) is 6.04 Å². The highest BCUT2D eigenvalue weighted by atomic mass is 16.4. The zero-order valence-electron chi connectivity index (χ0n) is 20.3. The molecule has 0 aromatic heterocycles. The van der Waals surface area contributed by atoms with Gasteiger partial charge in [0.05, 0.1) is 18.3 Å². The summed E-state index contributed by atoms with van der Waals surface area (Å²) in [7, 11) is 0. The number of aliphatic carboxylic acids is 3. The Morgan fingerprint density at radius 1 is 0.611 bits per heavy atom. The molecule has 3 amide bonds. The first-order chi connectivity index (χ1) is 16.8. The van der Waals surface area contributed by atoms with Gasteiger partial charge in [0, 0.05) is 12.8 Å². The molecule has 0 aromatic carbocycles. The molecule has 1 aliphatic heterocycles. The van der Waals surface area contributed by atoms with Crippen LogP contribution in [0.25, 0.3) is 0 Å². The van der Waals surface area contributed by atoms with Crippen molar-refractivity contribution in [3.05, 3.63) is 0 Å². The molecule has 13 nitrogen and oxygen atoms in total. The molecule has 1 heterocycles. The van der Waals surface area contributed by atoms with Crippen molar-refractivity contribution in [1.82, 2.24) is 4.90 Å². The Kier molecular flexibility index (Phi) is 12.9. The van der Waals surface area contributed by atoms with E-state index in [9.17, 15) is 44.1 Å². The van der Waals surface area contributed by atoms with E-state index in [4.69, 9.17) is 17.2 Å². The summed E-state index contributed by atoms with van der Waals surface area (Å²) in [6, 6.07) is -1.18. The molecule has 204 valence electrons. The summed E-state index contributed by atoms with van der Waals surface area (Å²) in [5, 5.41) is 29.2. The van der Waals surface area contributed by atoms with Crippen molar-refractivity contribution in [2.75, 3.05) is 13.1 Å². The van der Waals surface area contributed by atoms with Crippen molar-refractivity contribution in [2.45, 2.75) is 70.3 Å². The van der Waals surface area contributed by atoms with Crippen LogP contribution in [0.2, 0.25) is 0 Å². The molecule has 1 saturated heterocycles. The molecule has 0 aliphatic carbocycles. The lowest BCUT2D eigenvalue weighted by atomic mass is 9.76. The Hall–Kier alpha value is -3.22. The van der Waals surface area contributed by atoms with Crippen LogP contribution in [0, 0.1) is 23.7 Å². The number of nitrogens with zero attached hydrogens (tertiary/aromatic N) is 1. The molecule has 36 heavy (non-hydrogen) atoms. The van der Waals surface area contributed by atoms with Crippen LogP contribution in [-0.4, -0.2) is 75.0 Å². The number of carboxylic acid groups (broad SMARTS) is 3. The highest BCUT2D eigenvalue weighted by molar-refractivity contribution is 5.83. The van der Waals surface area contributed by atoms with Gasteiger partial charge in [0.2, 0.25) is 17.7 Å². The van der Waals surface area contributed by atoms with Crippen LogP contribution in [0.15, 0.2) is 0 Å². The Morgan fingerprint density at radius 2 is 1.08 bits per heavy atom. The maximum atomic E-state index is 12.0. The summed E-state index contributed by atoms with van der Waals surface area (Å²) in [5.74, 6) is -9.20. The summed E-state index contributed by atoms with van der Waals surface area (Å²) in [4.78, 5) is 71.9. The number of primary amides is 3. The van der Waals surface area contributed by atoms with Gasteiger partial charge in [-0.3, -0.25) is 33.7 Å². The third-order valence-corrected chi connectivity index (χ3v) is 6.95. The topological polar surface area (TPSA) is 244 Å². The minimum absolute atomic E-state index is 0.131. The molecular weight excluding hydrogens is 476 g/mol. The van der Waals surface area contributed by atoms with Crippen LogP contribution in [0.3, 0.4) is 0 Å². The largest absolute Gasteiger partial charge is 0.481 e. The molecule has 13 heteroatoms. The van der Waals surface area contributed by atoms with Crippen molar-refractivity contribution >= 4 is 35.6 Å². The van der Waals surface area contributed by atoms with Gasteiger partial charge < -0.3 is 32.5 Å². The first-order valence-electron chi connectivity index (χ1n) is 12.1. The van der Waals surface area contributed by atoms with Gasteiger partial charge >= 0.3 is 17.9 Å². The fourth-order valence-electron chi connectivity index (χ4n) is 5.08. The third kappa shape index (κ3) is 10.6. The molecule has 5 unspecified atom stereocenters. The number of nitrogens with two attached hydrogens (primary N) is 3. The molecule has 0 bridgehead atoms. The van der Waals surface area contributed by atoms with E-state index in [1.807, 2.05) is 0 Å². The lowest BCUT2D eigenvalue weighted by molar-refractivity contribution is -0.148. The second-order valence-corrected chi connectivity index (χ2v) is 9.53. The van der Waals surface area contributed by atoms with E-state index < -0.39 is 78.2 Å². The molecule has 0 saturated carbocycles. The van der Waals surface area contributed by atoms with Gasteiger partial charge in [-0.25, -0.2) is 0 Å². The second-order valence-electron chi connectivity index (χ2n) is 9.53. The average molecular weight is 515 g/mol. The van der Waals surface area contributed by atoms with Gasteiger partial charge in [0.25, 0.3) is 0 Å². The third-order valence-electron chi connectivity index (χ3n) is 6.95. The Morgan fingerprint density at radius 3 is 1.50 bits per heavy atom. The quantitative estimate of drug-likeness (QED) is 0.199. The molecule has 9 N–H and O–H groups in total. The SMILES string of the molecule is NC(=O)CC(C(=O)O)C1CCCCCN(C(CC(N)=O)C(=O)O)CCC(C(CC(N)=O)C(=O)O)CC1. The van der Waals surface area contributed by atoms with E-state index in [0.717, 1.165) is 0 Å². The van der Waals surface area contributed by atoms with Gasteiger partial charge in [0.15, 0.2) is 0 Å². The molecule has 0 radical (unpaired) electrons. The number of carbonyl (C=O) groups is 6. The first kappa shape index (κ1) is 30.8. The predicted molar refractivity (Wildman–Crippen MR) is 126 cm³/mol. The van der Waals surface area contributed by atoms with E-state index in [2.05, 4.69) is 0 Å². The number of carboxylic acids is 3. The van der Waals surface area contributed by atoms with Crippen molar-refractivity contribution in [2.24, 2.45) is 40.9 Å². The predicted octanol–water partition coefficient (Wildman–Crippen LogP) is -0.254. The molecule has 1 rings (SSSR count). The summed E-state index contributed by atoms with van der Waals surface area (Å²) in [6.07, 6.45) is 1.76. The minimum atomic E-state index is -1.24. The Balaban J connectivity index is 3.28. The zero-order valence-corrected chi connectivity index (χ0v) is 20.3. The van der Waals surface area contributed by atoms with Crippen LogP contribution in [-0.2, 0) is 28.8 Å². The monoisotopic (exact) mass is 514 g/mol. The van der Waals surface area contributed by atoms with Crippen molar-refractivity contribution < 1.29 is 44.1 Å². The van der Waals surface area contributed by atoms with Crippen molar-refractivity contribution in [1.29, 1.82) is 0 Å². The number of rotatable bonds is 12. The lowest BCUT2D eigenvalue weighted by Gasteiger charge is -2.33. The maximum absolute atomic E-state index is 12.0. The maximum Gasteiger partial charge on any atom is 0.321 e. The van der Waals surface area contributed by atoms with Gasteiger partial charge in [-0.2, -0.15) is 0 Å². The molecule has 0 spiro atoms. The molecule has 1 aliphatic rings. The molecule has 1 fully saturated rings. The first-order valence-corrected chi connectivity index (χ1v) is 12.1. The second kappa shape index (κ2) is 15.0. The Bertz CT molecular complexity index is 771. The van der Waals surface area contributed by atoms with Crippen molar-refractivity contribution in [3.8, 4) is 0 Å². The van der Waals surface area contributed by atoms with Crippen LogP contribution < -0.4 is 17.2 Å². The highest BCUT2D eigenvalue weighted by Gasteiger charge is 2.35. The number of hydrogen-bond acceptors (Lipinski definition) is 7. The highest BCUT2D eigenvalue weighted by Crippen LogP contribution is 2.33. The van der Waals surface area contributed by atoms with Crippen molar-refractivity contribution in [3.63, 3.8) is 0 Å². The lowest BCUT2D eigenvalue weighted by Crippen LogP contribution is -2.45. The van der Waals surface area contributed by atoms with Gasteiger partial charge in [-0.05, 0) is 57.0 Å². The van der Waals surface area contributed by atoms with Crippen LogP contribution in [0.1, 0.15) is 64.2 Å². The summed E-state index contributed by atoms with van der Waals surface area (Å²) in [6.45, 7) is 0.435. The molecule has 0 aromatic rings. The van der Waals surface area contributed by atoms with Crippen LogP contribution in [0.4, 0.5) is 0 Å².